The van der Waals surface area contributed by atoms with E-state index in [1.54, 1.807) is 0 Å². The maximum Gasteiger partial charge on any atom is 0.303 e. The van der Waals surface area contributed by atoms with Gasteiger partial charge in [-0.05, 0) is 97.6 Å². The van der Waals surface area contributed by atoms with Gasteiger partial charge in [0.15, 0.2) is 0 Å². The van der Waals surface area contributed by atoms with Crippen LogP contribution in [0.5, 0.6) is 0 Å². The smallest absolute Gasteiger partial charge is 0.303 e. The molecule has 4 rings (SSSR count). The van der Waals surface area contributed by atoms with Gasteiger partial charge in [-0.15, -0.1) is 0 Å². The average molecular weight is 413 g/mol. The molecular formula is C24H40O5. The number of carboxylic acids is 1. The highest BCUT2D eigenvalue weighted by atomic mass is 16.4. The normalized spacial score (nSPS) is 58.4. The van der Waals surface area contributed by atoms with Gasteiger partial charge in [-0.1, -0.05) is 20.8 Å². The van der Waals surface area contributed by atoms with Crippen molar-refractivity contribution in [3.05, 3.63) is 0 Å². The monoisotopic (exact) mass is 412 g/mol. The predicted molar refractivity (Wildman–Crippen MR) is 110 cm³/mol. The molecule has 0 aliphatic heterocycles. The molecule has 29 heavy (non-hydrogen) atoms. The van der Waals surface area contributed by atoms with Crippen molar-refractivity contribution in [2.24, 2.45) is 46.3 Å². The lowest BCUT2D eigenvalue weighted by atomic mass is 9.43. The number of hydrogen-bond donors (Lipinski definition) is 4. The molecule has 0 radical (unpaired) electrons. The molecule has 0 spiro atoms. The lowest BCUT2D eigenvalue weighted by molar-refractivity contribution is -0.207. The molecule has 11 atom stereocenters. The molecule has 0 heterocycles. The van der Waals surface area contributed by atoms with Crippen LogP contribution in [0.2, 0.25) is 0 Å². The SMILES string of the molecule is [2H]C1([2H])C[C@]2(C)C3CC(O)[C@]4(C)C(C(C)CCC(=O)O)CCC4C3C(O)CC2C([2H])([2H])C1O. The summed E-state index contributed by atoms with van der Waals surface area (Å²) in [6.07, 6.45) is -4.60. The highest BCUT2D eigenvalue weighted by Gasteiger charge is 2.65. The first kappa shape index (κ1) is 17.0. The highest BCUT2D eigenvalue weighted by Crippen LogP contribution is 2.68. The average Bonchev–Trinajstić information content (AvgIpc) is 3.06. The maximum absolute atomic E-state index is 11.5. The molecule has 0 bridgehead atoms. The third-order valence-electron chi connectivity index (χ3n) is 9.61. The molecule has 4 saturated carbocycles. The van der Waals surface area contributed by atoms with Gasteiger partial charge >= 0.3 is 5.97 Å². The first-order valence-electron chi connectivity index (χ1n) is 13.3. The van der Waals surface area contributed by atoms with E-state index < -0.39 is 53.8 Å². The molecule has 0 amide bonds. The van der Waals surface area contributed by atoms with Crippen LogP contribution in [0.4, 0.5) is 0 Å². The van der Waals surface area contributed by atoms with Gasteiger partial charge in [-0.25, -0.2) is 0 Å². The number of aliphatic carboxylic acids is 1. The zero-order valence-electron chi connectivity index (χ0n) is 21.8. The van der Waals surface area contributed by atoms with Gasteiger partial charge in [0.1, 0.15) is 0 Å². The molecule has 0 saturated heterocycles. The molecule has 4 N–H and O–H groups in total. The lowest BCUT2D eigenvalue weighted by Crippen LogP contribution is -2.62. The fourth-order valence-corrected chi connectivity index (χ4v) is 7.99. The van der Waals surface area contributed by atoms with Crippen molar-refractivity contribution in [3.63, 3.8) is 0 Å². The Kier molecular flexibility index (Phi) is 4.38. The Hall–Kier alpha value is -0.650. The summed E-state index contributed by atoms with van der Waals surface area (Å²) >= 11 is 0. The molecule has 4 fully saturated rings. The first-order valence-corrected chi connectivity index (χ1v) is 11.3. The quantitative estimate of drug-likeness (QED) is 0.567. The summed E-state index contributed by atoms with van der Waals surface area (Å²) in [6.45, 7) is 6.04. The number of aliphatic hydroxyl groups excluding tert-OH is 3. The molecule has 5 heteroatoms. The minimum Gasteiger partial charge on any atom is -0.481 e. The molecule has 5 nitrogen and oxygen atoms in total. The standard InChI is InChI=1S/C24H40O5/c1-13(4-7-21(28)29)16-5-6-17-22-18(12-20(27)24(16,17)3)23(2)9-8-15(25)10-14(23)11-19(22)26/h13-20,22,25-27H,4-12H2,1-3H3,(H,28,29)/t13?,14?,15?,16?,17?,18?,19?,20?,22?,23-,24+/m0/s1/i8D2,10D2. The van der Waals surface area contributed by atoms with Crippen molar-refractivity contribution in [1.82, 2.24) is 0 Å². The van der Waals surface area contributed by atoms with E-state index in [9.17, 15) is 20.1 Å². The van der Waals surface area contributed by atoms with E-state index in [1.807, 2.05) is 6.92 Å². The lowest BCUT2D eigenvalue weighted by Gasteiger charge is -2.63. The largest absolute Gasteiger partial charge is 0.481 e. The van der Waals surface area contributed by atoms with Crippen LogP contribution in [0.1, 0.15) is 83.9 Å². The Balaban J connectivity index is 1.69. The minimum absolute atomic E-state index is 0.00777. The second-order valence-electron chi connectivity index (χ2n) is 10.8. The zero-order chi connectivity index (χ0) is 24.7. The van der Waals surface area contributed by atoms with Crippen molar-refractivity contribution in [2.45, 2.75) is 96.8 Å². The van der Waals surface area contributed by atoms with Crippen molar-refractivity contribution in [2.75, 3.05) is 0 Å². The number of carboxylic acid groups (broad SMARTS) is 1. The van der Waals surface area contributed by atoms with E-state index in [4.69, 9.17) is 10.6 Å². The molecular weight excluding hydrogens is 368 g/mol. The summed E-state index contributed by atoms with van der Waals surface area (Å²) in [5.74, 6) is -1.65. The zero-order valence-corrected chi connectivity index (χ0v) is 17.8. The molecule has 0 aromatic rings. The summed E-state index contributed by atoms with van der Waals surface area (Å²) in [5, 5.41) is 42.5. The highest BCUT2D eigenvalue weighted by molar-refractivity contribution is 5.66. The Morgan fingerprint density at radius 3 is 2.59 bits per heavy atom. The van der Waals surface area contributed by atoms with Crippen LogP contribution in [0.15, 0.2) is 0 Å². The van der Waals surface area contributed by atoms with Gasteiger partial charge in [0, 0.05) is 11.9 Å². The number of rotatable bonds is 4. The number of carbonyl (C=O) groups is 1. The third kappa shape index (κ3) is 3.27. The van der Waals surface area contributed by atoms with E-state index in [0.717, 1.165) is 12.8 Å². The number of hydrogen-bond acceptors (Lipinski definition) is 4. The van der Waals surface area contributed by atoms with Crippen molar-refractivity contribution < 1.29 is 30.7 Å². The second kappa shape index (κ2) is 7.49. The summed E-state index contributed by atoms with van der Waals surface area (Å²) in [7, 11) is 0. The Bertz CT molecular complexity index is 793. The maximum atomic E-state index is 11.5. The van der Waals surface area contributed by atoms with Crippen molar-refractivity contribution in [1.29, 1.82) is 0 Å². The van der Waals surface area contributed by atoms with Crippen LogP contribution in [-0.4, -0.2) is 44.7 Å². The molecule has 4 aliphatic carbocycles. The summed E-state index contributed by atoms with van der Waals surface area (Å²) < 4.78 is 34.0. The van der Waals surface area contributed by atoms with Crippen molar-refractivity contribution in [3.8, 4) is 0 Å². The van der Waals surface area contributed by atoms with Gasteiger partial charge in [0.05, 0.1) is 18.3 Å². The van der Waals surface area contributed by atoms with E-state index in [-0.39, 0.29) is 48.9 Å². The first-order chi connectivity index (χ1) is 15.1. The predicted octanol–water partition coefficient (Wildman–Crippen LogP) is 3.45. The van der Waals surface area contributed by atoms with Crippen LogP contribution >= 0.6 is 0 Å². The van der Waals surface area contributed by atoms with Crippen LogP contribution in [0, 0.1) is 46.3 Å². The summed E-state index contributed by atoms with van der Waals surface area (Å²) in [4.78, 5) is 11.1. The van der Waals surface area contributed by atoms with Crippen LogP contribution < -0.4 is 0 Å². The summed E-state index contributed by atoms with van der Waals surface area (Å²) in [5.41, 5.74) is -1.25. The molecule has 0 aromatic carbocycles. The van der Waals surface area contributed by atoms with E-state index in [1.165, 1.54) is 0 Å². The fourth-order valence-electron chi connectivity index (χ4n) is 7.99. The third-order valence-corrected chi connectivity index (χ3v) is 9.61. The molecule has 0 aromatic heterocycles. The van der Waals surface area contributed by atoms with Gasteiger partial charge in [-0.2, -0.15) is 0 Å². The molecule has 166 valence electrons. The number of fused-ring (bicyclic) bond motifs is 5. The number of aliphatic hydroxyl groups is 3. The van der Waals surface area contributed by atoms with E-state index in [0.29, 0.717) is 12.8 Å². The van der Waals surface area contributed by atoms with Gasteiger partial charge in [0.2, 0.25) is 0 Å². The summed E-state index contributed by atoms with van der Waals surface area (Å²) in [6, 6.07) is 0. The van der Waals surface area contributed by atoms with Crippen LogP contribution in [-0.2, 0) is 4.79 Å². The van der Waals surface area contributed by atoms with Crippen molar-refractivity contribution >= 4 is 5.97 Å². The van der Waals surface area contributed by atoms with Crippen LogP contribution in [0.3, 0.4) is 0 Å². The van der Waals surface area contributed by atoms with Crippen LogP contribution in [0.25, 0.3) is 0 Å². The second-order valence-corrected chi connectivity index (χ2v) is 10.8. The van der Waals surface area contributed by atoms with Gasteiger partial charge in [-0.3, -0.25) is 4.79 Å². The van der Waals surface area contributed by atoms with E-state index >= 15 is 0 Å². The fraction of sp³-hybridized carbons (Fsp3) is 0.958. The molecule has 4 aliphatic rings. The Morgan fingerprint density at radius 2 is 1.90 bits per heavy atom. The Morgan fingerprint density at radius 1 is 1.17 bits per heavy atom. The topological polar surface area (TPSA) is 98.0 Å². The van der Waals surface area contributed by atoms with Gasteiger partial charge < -0.3 is 20.4 Å². The Labute approximate surface area is 180 Å². The van der Waals surface area contributed by atoms with E-state index in [2.05, 4.69) is 13.8 Å². The minimum atomic E-state index is -2.17. The molecule has 9 unspecified atom stereocenters. The van der Waals surface area contributed by atoms with Gasteiger partial charge in [0.25, 0.3) is 0 Å².